The van der Waals surface area contributed by atoms with Crippen LogP contribution in [0.25, 0.3) is 0 Å². The van der Waals surface area contributed by atoms with Gasteiger partial charge in [0.2, 0.25) is 0 Å². The molecule has 5 heteroatoms. The third-order valence-electron chi connectivity index (χ3n) is 3.69. The average Bonchev–Trinajstić information content (AvgIpc) is 2.41. The first-order chi connectivity index (χ1) is 9.39. The third-order valence-corrected chi connectivity index (χ3v) is 3.69. The van der Waals surface area contributed by atoms with E-state index in [2.05, 4.69) is 6.92 Å². The summed E-state index contributed by atoms with van der Waals surface area (Å²) in [6.07, 6.45) is 3.24. The number of halogens is 3. The molecule has 0 fully saturated rings. The maximum atomic E-state index is 12.3. The zero-order valence-corrected chi connectivity index (χ0v) is 13.0. The number of ether oxygens (including phenoxy) is 2. The van der Waals surface area contributed by atoms with Crippen molar-refractivity contribution in [1.82, 2.24) is 0 Å². The SMILES string of the molecule is CCCCCCCCCC(CCC(F)(F)F)(OC)OC. The second-order valence-corrected chi connectivity index (χ2v) is 5.31. The topological polar surface area (TPSA) is 18.5 Å². The lowest BCUT2D eigenvalue weighted by Crippen LogP contribution is -2.35. The summed E-state index contributed by atoms with van der Waals surface area (Å²) in [6, 6.07) is 0. The number of rotatable bonds is 12. The molecule has 0 aromatic rings. The van der Waals surface area contributed by atoms with Crippen molar-refractivity contribution in [3.05, 3.63) is 0 Å². The number of unbranched alkanes of at least 4 members (excludes halogenated alkanes) is 6. The molecule has 0 aromatic heterocycles. The molecule has 0 rings (SSSR count). The van der Waals surface area contributed by atoms with E-state index in [0.717, 1.165) is 19.3 Å². The second kappa shape index (κ2) is 10.4. The molecule has 0 radical (unpaired) electrons. The van der Waals surface area contributed by atoms with Crippen LogP contribution in [0.5, 0.6) is 0 Å². The summed E-state index contributed by atoms with van der Waals surface area (Å²) in [5.74, 6) is -1.08. The molecule has 0 amide bonds. The summed E-state index contributed by atoms with van der Waals surface area (Å²) < 4.78 is 47.3. The van der Waals surface area contributed by atoms with Crippen LogP contribution in [-0.4, -0.2) is 26.2 Å². The fourth-order valence-electron chi connectivity index (χ4n) is 2.30. The lowest BCUT2D eigenvalue weighted by molar-refractivity contribution is -0.233. The minimum absolute atomic E-state index is 0.140. The Morgan fingerprint density at radius 1 is 0.700 bits per heavy atom. The summed E-state index contributed by atoms with van der Waals surface area (Å²) in [7, 11) is 2.84. The van der Waals surface area contributed by atoms with Crippen LogP contribution in [0.15, 0.2) is 0 Å². The van der Waals surface area contributed by atoms with E-state index in [1.165, 1.54) is 39.9 Å². The third kappa shape index (κ3) is 9.59. The molecular weight excluding hydrogens is 269 g/mol. The molecule has 0 N–H and O–H groups in total. The summed E-state index contributed by atoms with van der Waals surface area (Å²) in [5, 5.41) is 0. The zero-order chi connectivity index (χ0) is 15.5. The van der Waals surface area contributed by atoms with E-state index in [4.69, 9.17) is 9.47 Å². The van der Waals surface area contributed by atoms with Gasteiger partial charge in [-0.25, -0.2) is 0 Å². The molecule has 20 heavy (non-hydrogen) atoms. The molecule has 0 heterocycles. The Bertz CT molecular complexity index is 226. The van der Waals surface area contributed by atoms with Gasteiger partial charge < -0.3 is 9.47 Å². The number of methoxy groups -OCH3 is 2. The summed E-state index contributed by atoms with van der Waals surface area (Å²) in [4.78, 5) is 0. The van der Waals surface area contributed by atoms with Crippen molar-refractivity contribution in [2.24, 2.45) is 0 Å². The highest BCUT2D eigenvalue weighted by molar-refractivity contribution is 4.71. The molecule has 0 saturated carbocycles. The molecule has 0 spiro atoms. The Morgan fingerprint density at radius 3 is 1.65 bits per heavy atom. The highest BCUT2D eigenvalue weighted by Gasteiger charge is 2.36. The molecule has 0 bridgehead atoms. The average molecular weight is 298 g/mol. The largest absolute Gasteiger partial charge is 0.389 e. The van der Waals surface area contributed by atoms with Crippen molar-refractivity contribution < 1.29 is 22.6 Å². The quantitative estimate of drug-likeness (QED) is 0.352. The van der Waals surface area contributed by atoms with Crippen molar-refractivity contribution in [3.8, 4) is 0 Å². The smallest absolute Gasteiger partial charge is 0.353 e. The Labute approximate surface area is 121 Å². The van der Waals surface area contributed by atoms with Gasteiger partial charge in [0.15, 0.2) is 5.79 Å². The Balaban J connectivity index is 3.94. The van der Waals surface area contributed by atoms with Gasteiger partial charge in [-0.05, 0) is 6.42 Å². The predicted octanol–water partition coefficient (Wildman–Crippen LogP) is 5.46. The van der Waals surface area contributed by atoms with Crippen molar-refractivity contribution in [2.75, 3.05) is 14.2 Å². The molecule has 0 aromatic carbocycles. The normalized spacial score (nSPS) is 12.9. The van der Waals surface area contributed by atoms with Gasteiger partial charge in [-0.2, -0.15) is 13.2 Å². The highest BCUT2D eigenvalue weighted by Crippen LogP contribution is 2.31. The monoisotopic (exact) mass is 298 g/mol. The maximum absolute atomic E-state index is 12.3. The molecular formula is C15H29F3O2. The van der Waals surface area contributed by atoms with E-state index in [1.54, 1.807) is 0 Å². The fourth-order valence-corrected chi connectivity index (χ4v) is 2.30. The molecule has 0 atom stereocenters. The minimum Gasteiger partial charge on any atom is -0.353 e. The van der Waals surface area contributed by atoms with E-state index < -0.39 is 18.4 Å². The summed E-state index contributed by atoms with van der Waals surface area (Å²) in [5.41, 5.74) is 0. The lowest BCUT2D eigenvalue weighted by atomic mass is 10.0. The number of hydrogen-bond donors (Lipinski definition) is 0. The number of alkyl halides is 3. The Hall–Kier alpha value is -0.290. The molecule has 122 valence electrons. The highest BCUT2D eigenvalue weighted by atomic mass is 19.4. The summed E-state index contributed by atoms with van der Waals surface area (Å²) in [6.45, 7) is 2.17. The van der Waals surface area contributed by atoms with Crippen LogP contribution in [0.4, 0.5) is 13.2 Å². The molecule has 0 aliphatic carbocycles. The molecule has 0 aliphatic rings. The van der Waals surface area contributed by atoms with E-state index in [9.17, 15) is 13.2 Å². The van der Waals surface area contributed by atoms with E-state index >= 15 is 0 Å². The Morgan fingerprint density at radius 2 is 1.20 bits per heavy atom. The standard InChI is InChI=1S/C15H29F3O2/c1-4-5-6-7-8-9-10-11-14(19-2,20-3)12-13-15(16,17)18/h4-13H2,1-3H3. The van der Waals surface area contributed by atoms with Crippen LogP contribution < -0.4 is 0 Å². The van der Waals surface area contributed by atoms with Crippen LogP contribution in [0.3, 0.4) is 0 Å². The van der Waals surface area contributed by atoms with Crippen molar-refractivity contribution >= 4 is 0 Å². The Kier molecular flexibility index (Phi) is 10.3. The van der Waals surface area contributed by atoms with Crippen molar-refractivity contribution in [2.45, 2.75) is 83.1 Å². The van der Waals surface area contributed by atoms with Gasteiger partial charge in [0.1, 0.15) is 0 Å². The number of hydrogen-bond acceptors (Lipinski definition) is 2. The zero-order valence-electron chi connectivity index (χ0n) is 13.0. The molecule has 0 unspecified atom stereocenters. The van der Waals surface area contributed by atoms with Crippen molar-refractivity contribution in [1.29, 1.82) is 0 Å². The van der Waals surface area contributed by atoms with E-state index in [0.29, 0.717) is 6.42 Å². The second-order valence-electron chi connectivity index (χ2n) is 5.31. The van der Waals surface area contributed by atoms with Crippen LogP contribution in [0.1, 0.15) is 71.1 Å². The first-order valence-corrected chi connectivity index (χ1v) is 7.56. The van der Waals surface area contributed by atoms with Gasteiger partial charge in [-0.3, -0.25) is 0 Å². The van der Waals surface area contributed by atoms with Crippen LogP contribution in [-0.2, 0) is 9.47 Å². The fraction of sp³-hybridized carbons (Fsp3) is 1.00. The van der Waals surface area contributed by atoms with Gasteiger partial charge in [-0.15, -0.1) is 0 Å². The van der Waals surface area contributed by atoms with Crippen LogP contribution >= 0.6 is 0 Å². The first-order valence-electron chi connectivity index (χ1n) is 7.56. The maximum Gasteiger partial charge on any atom is 0.389 e. The first kappa shape index (κ1) is 19.7. The van der Waals surface area contributed by atoms with Crippen LogP contribution in [0, 0.1) is 0 Å². The summed E-state index contributed by atoms with van der Waals surface area (Å²) >= 11 is 0. The van der Waals surface area contributed by atoms with Gasteiger partial charge >= 0.3 is 6.18 Å². The van der Waals surface area contributed by atoms with E-state index in [-0.39, 0.29) is 6.42 Å². The predicted molar refractivity (Wildman–Crippen MR) is 74.6 cm³/mol. The van der Waals surface area contributed by atoms with Gasteiger partial charge in [0, 0.05) is 33.5 Å². The lowest BCUT2D eigenvalue weighted by Gasteiger charge is -2.31. The van der Waals surface area contributed by atoms with Crippen molar-refractivity contribution in [3.63, 3.8) is 0 Å². The van der Waals surface area contributed by atoms with Gasteiger partial charge in [-0.1, -0.05) is 45.4 Å². The van der Waals surface area contributed by atoms with Gasteiger partial charge in [0.05, 0.1) is 0 Å². The van der Waals surface area contributed by atoms with E-state index in [1.807, 2.05) is 0 Å². The van der Waals surface area contributed by atoms with Crippen LogP contribution in [0.2, 0.25) is 0 Å². The van der Waals surface area contributed by atoms with Gasteiger partial charge in [0.25, 0.3) is 0 Å². The molecule has 2 nitrogen and oxygen atoms in total. The minimum atomic E-state index is -4.16. The molecule has 0 saturated heterocycles. The molecule has 0 aliphatic heterocycles.